The van der Waals surface area contributed by atoms with Gasteiger partial charge in [-0.15, -0.1) is 0 Å². The third-order valence-corrected chi connectivity index (χ3v) is 5.42. The van der Waals surface area contributed by atoms with E-state index in [2.05, 4.69) is 10.3 Å². The van der Waals surface area contributed by atoms with E-state index in [1.807, 2.05) is 47.4 Å². The minimum Gasteiger partial charge on any atom is -0.378 e. The van der Waals surface area contributed by atoms with Gasteiger partial charge in [0.2, 0.25) is 0 Å². The first kappa shape index (κ1) is 18.5. The summed E-state index contributed by atoms with van der Waals surface area (Å²) >= 11 is 0. The molecule has 1 aromatic heterocycles. The Morgan fingerprint density at radius 3 is 2.63 bits per heavy atom. The molecule has 1 fully saturated rings. The van der Waals surface area contributed by atoms with Crippen LogP contribution >= 0.6 is 0 Å². The van der Waals surface area contributed by atoms with Gasteiger partial charge in [0, 0.05) is 30.4 Å². The number of benzene rings is 3. The Kier molecular flexibility index (Phi) is 4.77. The standard InChI is InChI=1S/C24H20FN3O2/c25-21-15-17(7-8-22(21)28-10-12-30-13-11-28)27-24(29)20-14-16-4-1-2-5-18(16)19-6-3-9-26-23(19)20/h1-9,14-15H,10-13H2,(H,27,29). The van der Waals surface area contributed by atoms with E-state index < -0.39 is 0 Å². The number of rotatable bonds is 3. The van der Waals surface area contributed by atoms with Crippen LogP contribution < -0.4 is 10.2 Å². The number of pyridine rings is 1. The highest BCUT2D eigenvalue weighted by Crippen LogP contribution is 2.29. The first-order valence-corrected chi connectivity index (χ1v) is 9.91. The van der Waals surface area contributed by atoms with Crippen LogP contribution in [0.25, 0.3) is 21.7 Å². The Bertz CT molecular complexity index is 1250. The van der Waals surface area contributed by atoms with E-state index in [0.717, 1.165) is 16.2 Å². The number of nitrogens with zero attached hydrogens (tertiary/aromatic N) is 2. The number of hydrogen-bond acceptors (Lipinski definition) is 4. The summed E-state index contributed by atoms with van der Waals surface area (Å²) in [4.78, 5) is 19.5. The molecule has 1 saturated heterocycles. The molecule has 4 aromatic rings. The number of anilines is 2. The largest absolute Gasteiger partial charge is 0.378 e. The Morgan fingerprint density at radius 1 is 1.00 bits per heavy atom. The molecule has 1 amide bonds. The molecule has 0 radical (unpaired) electrons. The second-order valence-corrected chi connectivity index (χ2v) is 7.26. The molecule has 0 spiro atoms. The number of fused-ring (bicyclic) bond motifs is 3. The summed E-state index contributed by atoms with van der Waals surface area (Å²) in [5.41, 5.74) is 2.02. The van der Waals surface area contributed by atoms with Gasteiger partial charge < -0.3 is 15.0 Å². The van der Waals surface area contributed by atoms with Crippen molar-refractivity contribution in [2.24, 2.45) is 0 Å². The predicted octanol–water partition coefficient (Wildman–Crippen LogP) is 4.62. The highest BCUT2D eigenvalue weighted by atomic mass is 19.1. The Labute approximate surface area is 173 Å². The zero-order valence-electron chi connectivity index (χ0n) is 16.3. The lowest BCUT2D eigenvalue weighted by atomic mass is 10.0. The van der Waals surface area contributed by atoms with Crippen molar-refractivity contribution >= 4 is 39.0 Å². The molecule has 3 aromatic carbocycles. The fourth-order valence-electron chi connectivity index (χ4n) is 3.95. The molecule has 0 unspecified atom stereocenters. The lowest BCUT2D eigenvalue weighted by Crippen LogP contribution is -2.36. The molecular formula is C24H20FN3O2. The van der Waals surface area contributed by atoms with Gasteiger partial charge >= 0.3 is 0 Å². The van der Waals surface area contributed by atoms with Gasteiger partial charge in [-0.25, -0.2) is 4.39 Å². The molecule has 5 nitrogen and oxygen atoms in total. The average molecular weight is 401 g/mol. The van der Waals surface area contributed by atoms with Crippen LogP contribution in [0.1, 0.15) is 10.4 Å². The maximum atomic E-state index is 14.7. The van der Waals surface area contributed by atoms with E-state index in [1.54, 1.807) is 18.3 Å². The molecule has 2 heterocycles. The first-order valence-electron chi connectivity index (χ1n) is 9.91. The van der Waals surface area contributed by atoms with Crippen molar-refractivity contribution in [2.45, 2.75) is 0 Å². The van der Waals surface area contributed by atoms with Crippen LogP contribution in [0.2, 0.25) is 0 Å². The van der Waals surface area contributed by atoms with Crippen LogP contribution in [0.15, 0.2) is 66.9 Å². The number of ether oxygens (including phenoxy) is 1. The number of carbonyl (C=O) groups is 1. The molecule has 6 heteroatoms. The molecule has 5 rings (SSSR count). The van der Waals surface area contributed by atoms with Gasteiger partial charge in [0.05, 0.1) is 30.0 Å². The molecule has 150 valence electrons. The van der Waals surface area contributed by atoms with E-state index in [0.29, 0.717) is 48.8 Å². The molecule has 0 aliphatic carbocycles. The normalized spacial score (nSPS) is 14.2. The van der Waals surface area contributed by atoms with Crippen molar-refractivity contribution < 1.29 is 13.9 Å². The second kappa shape index (κ2) is 7.72. The first-order chi connectivity index (χ1) is 14.7. The van der Waals surface area contributed by atoms with Gasteiger partial charge in [0.25, 0.3) is 5.91 Å². The molecule has 1 aliphatic heterocycles. The minimum absolute atomic E-state index is 0.317. The highest BCUT2D eigenvalue weighted by molar-refractivity contribution is 6.18. The highest BCUT2D eigenvalue weighted by Gasteiger charge is 2.18. The van der Waals surface area contributed by atoms with Crippen molar-refractivity contribution in [2.75, 3.05) is 36.5 Å². The Balaban J connectivity index is 1.48. The van der Waals surface area contributed by atoms with E-state index in [4.69, 9.17) is 4.74 Å². The van der Waals surface area contributed by atoms with Gasteiger partial charge in [-0.3, -0.25) is 9.78 Å². The lowest BCUT2D eigenvalue weighted by Gasteiger charge is -2.29. The van der Waals surface area contributed by atoms with Gasteiger partial charge in [-0.2, -0.15) is 0 Å². The van der Waals surface area contributed by atoms with Crippen LogP contribution in [0.3, 0.4) is 0 Å². The maximum absolute atomic E-state index is 14.7. The third-order valence-electron chi connectivity index (χ3n) is 5.42. The van der Waals surface area contributed by atoms with Crippen molar-refractivity contribution in [1.29, 1.82) is 0 Å². The summed E-state index contributed by atoms with van der Waals surface area (Å²) in [5.74, 6) is -0.681. The maximum Gasteiger partial charge on any atom is 0.257 e. The lowest BCUT2D eigenvalue weighted by molar-refractivity contribution is 0.102. The smallest absolute Gasteiger partial charge is 0.257 e. The molecule has 1 aliphatic rings. The van der Waals surface area contributed by atoms with E-state index in [1.165, 1.54) is 6.07 Å². The predicted molar refractivity (Wildman–Crippen MR) is 117 cm³/mol. The summed E-state index contributed by atoms with van der Waals surface area (Å²) in [5, 5.41) is 5.73. The van der Waals surface area contributed by atoms with Gasteiger partial charge in [-0.05, 0) is 41.1 Å². The topological polar surface area (TPSA) is 54.5 Å². The second-order valence-electron chi connectivity index (χ2n) is 7.26. The molecule has 30 heavy (non-hydrogen) atoms. The van der Waals surface area contributed by atoms with Crippen LogP contribution in [0.4, 0.5) is 15.8 Å². The Morgan fingerprint density at radius 2 is 1.80 bits per heavy atom. The van der Waals surface area contributed by atoms with E-state index >= 15 is 0 Å². The summed E-state index contributed by atoms with van der Waals surface area (Å²) in [6.07, 6.45) is 1.67. The summed E-state index contributed by atoms with van der Waals surface area (Å²) in [7, 11) is 0. The summed E-state index contributed by atoms with van der Waals surface area (Å²) in [6.45, 7) is 2.47. The van der Waals surface area contributed by atoms with E-state index in [9.17, 15) is 9.18 Å². The molecule has 1 N–H and O–H groups in total. The van der Waals surface area contributed by atoms with Gasteiger partial charge in [0.1, 0.15) is 5.82 Å². The fourth-order valence-corrected chi connectivity index (χ4v) is 3.95. The average Bonchev–Trinajstić information content (AvgIpc) is 2.79. The van der Waals surface area contributed by atoms with Crippen LogP contribution in [-0.4, -0.2) is 37.2 Å². The number of hydrogen-bond donors (Lipinski definition) is 1. The van der Waals surface area contributed by atoms with Crippen molar-refractivity contribution in [3.63, 3.8) is 0 Å². The van der Waals surface area contributed by atoms with Gasteiger partial charge in [-0.1, -0.05) is 30.3 Å². The summed E-state index contributed by atoms with van der Waals surface area (Å²) < 4.78 is 20.0. The van der Waals surface area contributed by atoms with Crippen molar-refractivity contribution in [3.8, 4) is 0 Å². The number of nitrogens with one attached hydrogen (secondary N) is 1. The van der Waals surface area contributed by atoms with E-state index in [-0.39, 0.29) is 11.7 Å². The molecular weight excluding hydrogens is 381 g/mol. The van der Waals surface area contributed by atoms with Crippen molar-refractivity contribution in [3.05, 3.63) is 78.2 Å². The molecule has 0 bridgehead atoms. The number of carbonyl (C=O) groups excluding carboxylic acids is 1. The monoisotopic (exact) mass is 401 g/mol. The zero-order valence-corrected chi connectivity index (χ0v) is 16.3. The molecule has 0 saturated carbocycles. The molecule has 0 atom stereocenters. The summed E-state index contributed by atoms with van der Waals surface area (Å²) in [6, 6.07) is 18.3. The van der Waals surface area contributed by atoms with Crippen LogP contribution in [-0.2, 0) is 4.74 Å². The number of amides is 1. The fraction of sp³-hybridized carbons (Fsp3) is 0.167. The number of morpholine rings is 1. The third kappa shape index (κ3) is 3.35. The minimum atomic E-state index is -0.365. The quantitative estimate of drug-likeness (QED) is 0.509. The Hall–Kier alpha value is -3.51. The number of halogens is 1. The van der Waals surface area contributed by atoms with Crippen molar-refractivity contribution in [1.82, 2.24) is 4.98 Å². The van der Waals surface area contributed by atoms with Crippen LogP contribution in [0.5, 0.6) is 0 Å². The van der Waals surface area contributed by atoms with Crippen LogP contribution in [0, 0.1) is 5.82 Å². The zero-order chi connectivity index (χ0) is 20.5. The SMILES string of the molecule is O=C(Nc1ccc(N2CCOCC2)c(F)c1)c1cc2ccccc2c2cccnc12. The number of aromatic nitrogens is 1. The van der Waals surface area contributed by atoms with Gasteiger partial charge in [0.15, 0.2) is 0 Å².